The molecule has 1 N–H and O–H groups in total. The number of aromatic nitrogens is 2. The highest BCUT2D eigenvalue weighted by Gasteiger charge is 2.28. The molecule has 1 fully saturated rings. The van der Waals surface area contributed by atoms with Gasteiger partial charge in [-0.3, -0.25) is 4.90 Å². The third kappa shape index (κ3) is 4.24. The third-order valence-corrected chi connectivity index (χ3v) is 6.64. The van der Waals surface area contributed by atoms with Crippen molar-refractivity contribution >= 4 is 38.3 Å². The first-order chi connectivity index (χ1) is 15.5. The molecule has 3 heterocycles. The van der Waals surface area contributed by atoms with Crippen LogP contribution < -0.4 is 14.8 Å². The Morgan fingerprint density at radius 1 is 1.22 bits per heavy atom. The molecule has 1 aromatic heterocycles. The molecule has 2 aromatic carbocycles. The number of likely N-dealkylation sites (N-methyl/N-ethyl adjacent to an activating group) is 1. The normalized spacial score (nSPS) is 21.6. The van der Waals surface area contributed by atoms with E-state index in [1.807, 2.05) is 12.1 Å². The van der Waals surface area contributed by atoms with Gasteiger partial charge >= 0.3 is 0 Å². The van der Waals surface area contributed by atoms with E-state index in [9.17, 15) is 4.39 Å². The fourth-order valence-corrected chi connectivity index (χ4v) is 4.66. The van der Waals surface area contributed by atoms with Crippen molar-refractivity contribution in [1.29, 1.82) is 0 Å². The minimum atomic E-state index is -0.377. The maximum absolute atomic E-state index is 14.5. The van der Waals surface area contributed by atoms with Crippen molar-refractivity contribution in [1.82, 2.24) is 19.8 Å². The number of rotatable bonds is 4. The van der Waals surface area contributed by atoms with Crippen LogP contribution in [0.2, 0.25) is 0 Å². The Hall–Kier alpha value is -2.49. The zero-order valence-electron chi connectivity index (χ0n) is 18.0. The van der Waals surface area contributed by atoms with Gasteiger partial charge in [-0.15, -0.1) is 0 Å². The van der Waals surface area contributed by atoms with Gasteiger partial charge in [-0.1, -0.05) is 6.07 Å². The van der Waals surface area contributed by atoms with Crippen LogP contribution >= 0.6 is 15.9 Å². The van der Waals surface area contributed by atoms with E-state index >= 15 is 0 Å². The minimum Gasteiger partial charge on any atom is -0.486 e. The third-order valence-electron chi connectivity index (χ3n) is 6.03. The molecule has 2 unspecified atom stereocenters. The van der Waals surface area contributed by atoms with Crippen LogP contribution in [0.25, 0.3) is 10.9 Å². The Bertz CT molecular complexity index is 1150. The highest BCUT2D eigenvalue weighted by atomic mass is 79.9. The number of hydrogen-bond acceptors (Lipinski definition) is 7. The molecule has 7 nitrogen and oxygen atoms in total. The van der Waals surface area contributed by atoms with Crippen molar-refractivity contribution in [3.8, 4) is 11.5 Å². The maximum Gasteiger partial charge on any atom is 0.163 e. The van der Waals surface area contributed by atoms with E-state index in [1.165, 1.54) is 6.33 Å². The van der Waals surface area contributed by atoms with Gasteiger partial charge in [-0.2, -0.15) is 0 Å². The molecule has 0 bridgehead atoms. The quantitative estimate of drug-likeness (QED) is 0.578. The number of fused-ring (bicyclic) bond motifs is 2. The zero-order chi connectivity index (χ0) is 22.2. The lowest BCUT2D eigenvalue weighted by atomic mass is 10.1. The summed E-state index contributed by atoms with van der Waals surface area (Å²) in [5.41, 5.74) is 1.03. The summed E-state index contributed by atoms with van der Waals surface area (Å²) in [6.07, 6.45) is 1.39. The predicted octanol–water partition coefficient (Wildman–Crippen LogP) is 4.05. The topological polar surface area (TPSA) is 62.8 Å². The second-order valence-corrected chi connectivity index (χ2v) is 9.28. The molecule has 2 aliphatic heterocycles. The van der Waals surface area contributed by atoms with Crippen LogP contribution in [0.4, 0.5) is 15.9 Å². The van der Waals surface area contributed by atoms with Crippen LogP contribution in [0, 0.1) is 5.82 Å². The summed E-state index contributed by atoms with van der Waals surface area (Å²) in [5.74, 6) is 1.45. The van der Waals surface area contributed by atoms with Gasteiger partial charge in [-0.05, 0) is 48.1 Å². The highest BCUT2D eigenvalue weighted by Crippen LogP contribution is 2.38. The number of ether oxygens (including phenoxy) is 2. The fourth-order valence-electron chi connectivity index (χ4n) is 4.29. The van der Waals surface area contributed by atoms with Crippen molar-refractivity contribution in [3.63, 3.8) is 0 Å². The summed E-state index contributed by atoms with van der Waals surface area (Å²) in [5, 5.41) is 3.82. The van der Waals surface area contributed by atoms with Crippen molar-refractivity contribution in [3.05, 3.63) is 46.9 Å². The van der Waals surface area contributed by atoms with Crippen molar-refractivity contribution in [2.45, 2.75) is 19.1 Å². The van der Waals surface area contributed by atoms with Gasteiger partial charge < -0.3 is 19.7 Å². The van der Waals surface area contributed by atoms with Crippen molar-refractivity contribution in [2.75, 3.05) is 45.2 Å². The number of halogens is 2. The molecule has 5 rings (SSSR count). The summed E-state index contributed by atoms with van der Waals surface area (Å²) in [7, 11) is 2.16. The average Bonchev–Trinajstić information content (AvgIpc) is 2.78. The van der Waals surface area contributed by atoms with Gasteiger partial charge in [0.25, 0.3) is 0 Å². The highest BCUT2D eigenvalue weighted by molar-refractivity contribution is 9.10. The van der Waals surface area contributed by atoms with E-state index in [4.69, 9.17) is 9.47 Å². The lowest BCUT2D eigenvalue weighted by Crippen LogP contribution is -2.54. The molecule has 2 aliphatic rings. The van der Waals surface area contributed by atoms with Crippen LogP contribution in [-0.4, -0.2) is 71.7 Å². The fraction of sp³-hybridized carbons (Fsp3) is 0.391. The van der Waals surface area contributed by atoms with E-state index < -0.39 is 0 Å². The molecule has 0 spiro atoms. The maximum atomic E-state index is 14.5. The minimum absolute atomic E-state index is 0.0608. The summed E-state index contributed by atoms with van der Waals surface area (Å²) in [4.78, 5) is 13.5. The number of piperazine rings is 1. The van der Waals surface area contributed by atoms with Crippen LogP contribution in [0.5, 0.6) is 11.5 Å². The van der Waals surface area contributed by atoms with Gasteiger partial charge in [0.05, 0.1) is 15.7 Å². The molecule has 32 heavy (non-hydrogen) atoms. The Kier molecular flexibility index (Phi) is 5.88. The van der Waals surface area contributed by atoms with Crippen LogP contribution in [0.15, 0.2) is 41.1 Å². The molecule has 0 amide bonds. The summed E-state index contributed by atoms with van der Waals surface area (Å²) < 4.78 is 27.2. The number of nitrogens with one attached hydrogen (secondary N) is 1. The predicted molar refractivity (Wildman–Crippen MR) is 125 cm³/mol. The summed E-state index contributed by atoms with van der Waals surface area (Å²) in [6.45, 7) is 6.67. The van der Waals surface area contributed by atoms with Gasteiger partial charge in [0.15, 0.2) is 17.3 Å². The standard InChI is InChI=1S/C23H25BrFN5O2/c1-14-10-29(2)6-7-30(14)11-15-12-31-20-9-19-16(8-21(20)32-15)23(27-13-26-19)28-18-5-3-4-17(24)22(18)25/h3-5,8-9,13-15H,6-7,10-12H2,1-2H3,(H,26,27,28). The first kappa shape index (κ1) is 21.4. The van der Waals surface area contributed by atoms with E-state index in [2.05, 4.69) is 55.0 Å². The van der Waals surface area contributed by atoms with Crippen molar-refractivity contribution < 1.29 is 13.9 Å². The Morgan fingerprint density at radius 2 is 2.09 bits per heavy atom. The molecule has 1 saturated heterocycles. The second kappa shape index (κ2) is 8.80. The number of nitrogens with zero attached hydrogens (tertiary/aromatic N) is 4. The molecule has 0 aliphatic carbocycles. The van der Waals surface area contributed by atoms with Gasteiger partial charge in [0.1, 0.15) is 24.9 Å². The van der Waals surface area contributed by atoms with E-state index in [0.717, 1.165) is 31.6 Å². The Labute approximate surface area is 194 Å². The molecule has 3 aromatic rings. The van der Waals surface area contributed by atoms with Gasteiger partial charge in [-0.25, -0.2) is 14.4 Å². The number of benzene rings is 2. The molecule has 9 heteroatoms. The monoisotopic (exact) mass is 501 g/mol. The molecule has 2 atom stereocenters. The Balaban J connectivity index is 1.40. The molecular formula is C23H25BrFN5O2. The zero-order valence-corrected chi connectivity index (χ0v) is 19.6. The second-order valence-electron chi connectivity index (χ2n) is 8.42. The number of anilines is 2. The van der Waals surface area contributed by atoms with E-state index in [-0.39, 0.29) is 11.9 Å². The SMILES string of the molecule is CC1CN(C)CCN1CC1COc2cc3ncnc(Nc4cccc(Br)c4F)c3cc2O1. The smallest absolute Gasteiger partial charge is 0.163 e. The van der Waals surface area contributed by atoms with Gasteiger partial charge in [0, 0.05) is 43.7 Å². The van der Waals surface area contributed by atoms with E-state index in [1.54, 1.807) is 18.2 Å². The molecule has 0 radical (unpaired) electrons. The van der Waals surface area contributed by atoms with Crippen LogP contribution in [0.1, 0.15) is 6.92 Å². The van der Waals surface area contributed by atoms with Crippen molar-refractivity contribution in [2.24, 2.45) is 0 Å². The lowest BCUT2D eigenvalue weighted by Gasteiger charge is -2.40. The Morgan fingerprint density at radius 3 is 2.94 bits per heavy atom. The molecular weight excluding hydrogens is 477 g/mol. The van der Waals surface area contributed by atoms with Gasteiger partial charge in [0.2, 0.25) is 0 Å². The van der Waals surface area contributed by atoms with E-state index in [0.29, 0.717) is 45.6 Å². The average molecular weight is 502 g/mol. The lowest BCUT2D eigenvalue weighted by molar-refractivity contribution is 0.0238. The summed E-state index contributed by atoms with van der Waals surface area (Å²) in [6, 6.07) is 9.29. The number of hydrogen-bond donors (Lipinski definition) is 1. The van der Waals surface area contributed by atoms with Crippen LogP contribution in [-0.2, 0) is 0 Å². The first-order valence-electron chi connectivity index (χ1n) is 10.7. The first-order valence-corrected chi connectivity index (χ1v) is 11.5. The summed E-state index contributed by atoms with van der Waals surface area (Å²) >= 11 is 3.22. The van der Waals surface area contributed by atoms with Crippen LogP contribution in [0.3, 0.4) is 0 Å². The molecule has 168 valence electrons. The molecule has 0 saturated carbocycles. The largest absolute Gasteiger partial charge is 0.486 e.